The van der Waals surface area contributed by atoms with Gasteiger partial charge in [-0.2, -0.15) is 10.5 Å². The number of benzene rings is 2. The van der Waals surface area contributed by atoms with Gasteiger partial charge in [0, 0.05) is 11.1 Å². The van der Waals surface area contributed by atoms with E-state index < -0.39 is 0 Å². The topological polar surface area (TPSA) is 66.0 Å². The van der Waals surface area contributed by atoms with E-state index in [4.69, 9.17) is 9.47 Å². The quantitative estimate of drug-likeness (QED) is 0.436. The van der Waals surface area contributed by atoms with Crippen molar-refractivity contribution in [2.45, 2.75) is 52.4 Å². The van der Waals surface area contributed by atoms with Gasteiger partial charge in [0.15, 0.2) is 0 Å². The molecule has 0 atom stereocenters. The third kappa shape index (κ3) is 6.03. The molecule has 0 aromatic heterocycles. The summed E-state index contributed by atoms with van der Waals surface area (Å²) in [5.74, 6) is 1.42. The first-order chi connectivity index (χ1) is 13.7. The van der Waals surface area contributed by atoms with E-state index in [-0.39, 0.29) is 0 Å². The van der Waals surface area contributed by atoms with Crippen molar-refractivity contribution in [1.29, 1.82) is 10.5 Å². The molecule has 4 nitrogen and oxygen atoms in total. The molecule has 0 aliphatic heterocycles. The summed E-state index contributed by atoms with van der Waals surface area (Å²) >= 11 is 0. The molecule has 0 amide bonds. The monoisotopic (exact) mass is 376 g/mol. The van der Waals surface area contributed by atoms with Gasteiger partial charge in [-0.05, 0) is 49.2 Å². The van der Waals surface area contributed by atoms with Gasteiger partial charge >= 0.3 is 0 Å². The number of ether oxygens (including phenoxy) is 2. The molecule has 2 rings (SSSR count). The van der Waals surface area contributed by atoms with E-state index in [1.165, 1.54) is 0 Å². The van der Waals surface area contributed by atoms with Crippen molar-refractivity contribution in [2.75, 3.05) is 13.2 Å². The predicted molar refractivity (Wildman–Crippen MR) is 111 cm³/mol. The molecule has 0 heterocycles. The van der Waals surface area contributed by atoms with Gasteiger partial charge in [0.05, 0.1) is 36.5 Å². The van der Waals surface area contributed by atoms with Crippen LogP contribution < -0.4 is 9.47 Å². The van der Waals surface area contributed by atoms with Gasteiger partial charge in [0.25, 0.3) is 0 Å². The summed E-state index contributed by atoms with van der Waals surface area (Å²) in [6.45, 7) is 5.56. The summed E-state index contributed by atoms with van der Waals surface area (Å²) in [4.78, 5) is 0. The Labute approximate surface area is 168 Å². The van der Waals surface area contributed by atoms with Gasteiger partial charge in [-0.3, -0.25) is 0 Å². The fourth-order valence-electron chi connectivity index (χ4n) is 2.94. The second kappa shape index (κ2) is 11.7. The van der Waals surface area contributed by atoms with Crippen LogP contribution in [0.2, 0.25) is 0 Å². The molecule has 0 radical (unpaired) electrons. The van der Waals surface area contributed by atoms with Crippen LogP contribution in [0.5, 0.6) is 11.5 Å². The lowest BCUT2D eigenvalue weighted by Crippen LogP contribution is -2.02. The summed E-state index contributed by atoms with van der Waals surface area (Å²) in [6.07, 6.45) is 6.44. The molecule has 0 N–H and O–H groups in total. The Kier molecular flexibility index (Phi) is 8.89. The maximum Gasteiger partial charge on any atom is 0.127 e. The number of unbranched alkanes of at least 4 members (excludes halogenated alkanes) is 4. The van der Waals surface area contributed by atoms with Gasteiger partial charge in [0.2, 0.25) is 0 Å². The first-order valence-corrected chi connectivity index (χ1v) is 10.1. The lowest BCUT2D eigenvalue weighted by Gasteiger charge is -2.16. The van der Waals surface area contributed by atoms with Gasteiger partial charge in [-0.1, -0.05) is 39.5 Å². The molecule has 2 aromatic rings. The second-order valence-corrected chi connectivity index (χ2v) is 6.76. The maximum atomic E-state index is 9.34. The smallest absolute Gasteiger partial charge is 0.127 e. The highest BCUT2D eigenvalue weighted by atomic mass is 16.5. The van der Waals surface area contributed by atoms with Crippen LogP contribution in [0.1, 0.15) is 63.5 Å². The SMILES string of the molecule is CCCCCOc1ccc(C#N)cc1-c1cc(C#N)ccc1OCCCCC. The minimum absolute atomic E-state index is 0.551. The molecule has 0 saturated carbocycles. The predicted octanol–water partition coefficient (Wildman–Crippen LogP) is 6.23. The largest absolute Gasteiger partial charge is 0.493 e. The molecule has 28 heavy (non-hydrogen) atoms. The standard InChI is InChI=1S/C24H28N2O2/c1-3-5-7-13-27-23-11-9-19(17-25)15-21(23)22-16-20(18-26)10-12-24(22)28-14-8-6-4-2/h9-12,15-16H,3-8,13-14H2,1-2H3. The molecule has 0 aliphatic carbocycles. The molecule has 2 aromatic carbocycles. The zero-order valence-electron chi connectivity index (χ0n) is 16.8. The second-order valence-electron chi connectivity index (χ2n) is 6.76. The van der Waals surface area contributed by atoms with Crippen LogP contribution >= 0.6 is 0 Å². The molecule has 4 heteroatoms. The van der Waals surface area contributed by atoms with Crippen LogP contribution in [0.4, 0.5) is 0 Å². The zero-order valence-corrected chi connectivity index (χ0v) is 16.8. The van der Waals surface area contributed by atoms with E-state index in [9.17, 15) is 10.5 Å². The van der Waals surface area contributed by atoms with Crippen LogP contribution in [0.3, 0.4) is 0 Å². The molecule has 0 fully saturated rings. The van der Waals surface area contributed by atoms with E-state index in [2.05, 4.69) is 26.0 Å². The van der Waals surface area contributed by atoms with E-state index in [0.717, 1.165) is 49.7 Å². The highest BCUT2D eigenvalue weighted by molar-refractivity contribution is 5.78. The number of hydrogen-bond acceptors (Lipinski definition) is 4. The maximum absolute atomic E-state index is 9.34. The number of rotatable bonds is 11. The molecule has 0 aliphatic rings. The number of nitrogens with zero attached hydrogens (tertiary/aromatic N) is 2. The van der Waals surface area contributed by atoms with Crippen LogP contribution in [-0.2, 0) is 0 Å². The molecule has 146 valence electrons. The van der Waals surface area contributed by atoms with Crippen molar-refractivity contribution in [1.82, 2.24) is 0 Å². The molecule has 0 unspecified atom stereocenters. The minimum atomic E-state index is 0.551. The van der Waals surface area contributed by atoms with Gasteiger partial charge in [-0.15, -0.1) is 0 Å². The van der Waals surface area contributed by atoms with Gasteiger partial charge in [-0.25, -0.2) is 0 Å². The summed E-state index contributed by atoms with van der Waals surface area (Å²) < 4.78 is 12.0. The van der Waals surface area contributed by atoms with Crippen molar-refractivity contribution in [3.63, 3.8) is 0 Å². The number of hydrogen-bond donors (Lipinski definition) is 0. The highest BCUT2D eigenvalue weighted by Crippen LogP contribution is 2.38. The summed E-state index contributed by atoms with van der Waals surface area (Å²) in [7, 11) is 0. The fourth-order valence-corrected chi connectivity index (χ4v) is 2.94. The molecule has 0 spiro atoms. The van der Waals surface area contributed by atoms with Crippen molar-refractivity contribution in [2.24, 2.45) is 0 Å². The summed E-state index contributed by atoms with van der Waals surface area (Å²) in [5, 5.41) is 18.7. The lowest BCUT2D eigenvalue weighted by atomic mass is 9.99. The average Bonchev–Trinajstić information content (AvgIpc) is 2.74. The Balaban J connectivity index is 2.39. The van der Waals surface area contributed by atoms with E-state index in [1.807, 2.05) is 24.3 Å². The van der Waals surface area contributed by atoms with Crippen LogP contribution in [0, 0.1) is 22.7 Å². The van der Waals surface area contributed by atoms with Gasteiger partial charge < -0.3 is 9.47 Å². The normalized spacial score (nSPS) is 10.1. The highest BCUT2D eigenvalue weighted by Gasteiger charge is 2.14. The Morgan fingerprint density at radius 2 is 1.11 bits per heavy atom. The Bertz CT molecular complexity index is 775. The Hall–Kier alpha value is -2.98. The van der Waals surface area contributed by atoms with E-state index in [1.54, 1.807) is 12.1 Å². The summed E-state index contributed by atoms with van der Waals surface area (Å²) in [6, 6.07) is 15.2. The third-order valence-corrected chi connectivity index (χ3v) is 4.52. The Morgan fingerprint density at radius 1 is 0.679 bits per heavy atom. The molecular weight excluding hydrogens is 348 g/mol. The van der Waals surface area contributed by atoms with E-state index in [0.29, 0.717) is 35.8 Å². The van der Waals surface area contributed by atoms with Crippen molar-refractivity contribution in [3.05, 3.63) is 47.5 Å². The van der Waals surface area contributed by atoms with Crippen LogP contribution in [0.25, 0.3) is 11.1 Å². The van der Waals surface area contributed by atoms with Crippen molar-refractivity contribution >= 4 is 0 Å². The molecule has 0 bridgehead atoms. The van der Waals surface area contributed by atoms with Crippen molar-refractivity contribution < 1.29 is 9.47 Å². The summed E-state index contributed by atoms with van der Waals surface area (Å²) in [5.41, 5.74) is 2.68. The number of nitriles is 2. The average molecular weight is 377 g/mol. The fraction of sp³-hybridized carbons (Fsp3) is 0.417. The van der Waals surface area contributed by atoms with Crippen molar-refractivity contribution in [3.8, 4) is 34.8 Å². The first-order valence-electron chi connectivity index (χ1n) is 10.1. The Morgan fingerprint density at radius 3 is 1.46 bits per heavy atom. The van der Waals surface area contributed by atoms with Crippen LogP contribution in [-0.4, -0.2) is 13.2 Å². The first kappa shape index (κ1) is 21.3. The lowest BCUT2D eigenvalue weighted by molar-refractivity contribution is 0.303. The van der Waals surface area contributed by atoms with Gasteiger partial charge in [0.1, 0.15) is 11.5 Å². The van der Waals surface area contributed by atoms with E-state index >= 15 is 0 Å². The third-order valence-electron chi connectivity index (χ3n) is 4.52. The molecular formula is C24H28N2O2. The zero-order chi connectivity index (χ0) is 20.2. The minimum Gasteiger partial charge on any atom is -0.493 e. The van der Waals surface area contributed by atoms with Crippen LogP contribution in [0.15, 0.2) is 36.4 Å². The molecule has 0 saturated heterocycles.